The number of carbonyl (C=O) groups is 1. The van der Waals surface area contributed by atoms with Crippen LogP contribution in [0.3, 0.4) is 0 Å². The number of aryl methyl sites for hydroxylation is 1. The summed E-state index contributed by atoms with van der Waals surface area (Å²) in [6, 6.07) is 31.5. The summed E-state index contributed by atoms with van der Waals surface area (Å²) >= 11 is 0. The van der Waals surface area contributed by atoms with Gasteiger partial charge in [-0.25, -0.2) is 0 Å². The van der Waals surface area contributed by atoms with Crippen LogP contribution in [0.1, 0.15) is 55.2 Å². The number of nitrogens with two attached hydrogens (primary N) is 1. The summed E-state index contributed by atoms with van der Waals surface area (Å²) in [5.74, 6) is -0.0800. The molecule has 1 fully saturated rings. The first-order valence-corrected chi connectivity index (χ1v) is 12.4. The fourth-order valence-electron chi connectivity index (χ4n) is 5.71. The summed E-state index contributed by atoms with van der Waals surface area (Å²) in [5, 5.41) is 3.82. The number of primary amides is 1. The number of hydrogen-bond donors (Lipinski definition) is 2. The van der Waals surface area contributed by atoms with Crippen molar-refractivity contribution in [3.8, 4) is 0 Å². The second-order valence-corrected chi connectivity index (χ2v) is 9.36. The molecule has 0 bridgehead atoms. The smallest absolute Gasteiger partial charge is 0.232 e. The van der Waals surface area contributed by atoms with E-state index in [0.29, 0.717) is 6.04 Å². The van der Waals surface area contributed by atoms with Crippen molar-refractivity contribution < 1.29 is 4.79 Å². The van der Waals surface area contributed by atoms with Crippen LogP contribution < -0.4 is 11.1 Å². The second-order valence-electron chi connectivity index (χ2n) is 9.36. The van der Waals surface area contributed by atoms with E-state index >= 15 is 0 Å². The van der Waals surface area contributed by atoms with Gasteiger partial charge in [-0.1, -0.05) is 104 Å². The number of carbonyl (C=O) groups excluding carboxylic acids is 1. The lowest BCUT2D eigenvalue weighted by Crippen LogP contribution is -2.49. The zero-order chi connectivity index (χ0) is 22.9. The topological polar surface area (TPSA) is 55.1 Å². The minimum absolute atomic E-state index is 0.161. The van der Waals surface area contributed by atoms with Gasteiger partial charge in [0.05, 0.1) is 0 Å². The van der Waals surface area contributed by atoms with Crippen molar-refractivity contribution in [3.05, 3.63) is 108 Å². The molecule has 3 N–H and O–H groups in total. The van der Waals surface area contributed by atoms with Crippen molar-refractivity contribution in [1.82, 2.24) is 5.32 Å². The molecule has 2 unspecified atom stereocenters. The molecule has 1 aliphatic carbocycles. The molecule has 1 aliphatic rings. The van der Waals surface area contributed by atoms with E-state index in [4.69, 9.17) is 5.73 Å². The highest BCUT2D eigenvalue weighted by molar-refractivity contribution is 5.91. The Morgan fingerprint density at radius 3 is 1.94 bits per heavy atom. The van der Waals surface area contributed by atoms with Crippen molar-refractivity contribution in [2.24, 2.45) is 11.7 Å². The number of rotatable bonds is 9. The largest absolute Gasteiger partial charge is 0.369 e. The van der Waals surface area contributed by atoms with E-state index in [1.165, 1.54) is 12.0 Å². The fourth-order valence-corrected chi connectivity index (χ4v) is 5.71. The molecule has 0 heterocycles. The maximum absolute atomic E-state index is 13.4. The van der Waals surface area contributed by atoms with Crippen molar-refractivity contribution in [1.29, 1.82) is 0 Å². The van der Waals surface area contributed by atoms with Gasteiger partial charge in [0.1, 0.15) is 5.41 Å². The molecule has 0 aliphatic heterocycles. The Morgan fingerprint density at radius 2 is 1.36 bits per heavy atom. The quantitative estimate of drug-likeness (QED) is 0.335. The van der Waals surface area contributed by atoms with Crippen LogP contribution in [0.2, 0.25) is 0 Å². The van der Waals surface area contributed by atoms with E-state index in [2.05, 4.69) is 59.9 Å². The lowest BCUT2D eigenvalue weighted by molar-refractivity contribution is -0.124. The summed E-state index contributed by atoms with van der Waals surface area (Å²) < 4.78 is 0. The minimum atomic E-state index is -0.809. The molecular formula is C30H36N2O. The first-order valence-electron chi connectivity index (χ1n) is 12.4. The predicted molar refractivity (Wildman–Crippen MR) is 136 cm³/mol. The highest BCUT2D eigenvalue weighted by Crippen LogP contribution is 2.45. The number of nitrogens with one attached hydrogen (secondary N) is 1. The van der Waals surface area contributed by atoms with Crippen molar-refractivity contribution in [2.45, 2.75) is 56.4 Å². The summed E-state index contributed by atoms with van der Waals surface area (Å²) in [6.45, 7) is 0.993. The van der Waals surface area contributed by atoms with Crippen molar-refractivity contribution in [2.75, 3.05) is 6.54 Å². The van der Waals surface area contributed by atoms with E-state index in [-0.39, 0.29) is 11.8 Å². The normalized spacial score (nSPS) is 19.0. The first kappa shape index (κ1) is 23.3. The van der Waals surface area contributed by atoms with Crippen LogP contribution in [-0.4, -0.2) is 18.5 Å². The third-order valence-electron chi connectivity index (χ3n) is 7.30. The summed E-state index contributed by atoms with van der Waals surface area (Å²) in [4.78, 5) is 13.4. The number of benzene rings is 3. The Kier molecular flexibility index (Phi) is 7.96. The Morgan fingerprint density at radius 1 is 0.818 bits per heavy atom. The molecule has 1 amide bonds. The van der Waals surface area contributed by atoms with Crippen LogP contribution in [0, 0.1) is 5.92 Å². The molecule has 0 saturated heterocycles. The van der Waals surface area contributed by atoms with Gasteiger partial charge in [0.25, 0.3) is 0 Å². The van der Waals surface area contributed by atoms with Crippen molar-refractivity contribution >= 4 is 5.91 Å². The SMILES string of the molecule is NC(=O)C(c1ccccc1)(c1ccccc1)C1CCCCC(NCCCc2ccccc2)C1. The van der Waals surface area contributed by atoms with Gasteiger partial charge >= 0.3 is 0 Å². The standard InChI is InChI=1S/C30H36N2O/c31-29(33)30(25-16-6-2-7-17-25,26-18-8-3-9-19-26)27-20-10-11-21-28(23-27)32-22-12-15-24-13-4-1-5-14-24/h1-9,13-14,16-19,27-28,32H,10-12,15,20-23H2,(H2,31,33). The molecule has 3 aromatic rings. The van der Waals surface area contributed by atoms with Gasteiger partial charge < -0.3 is 11.1 Å². The number of amides is 1. The molecule has 172 valence electrons. The van der Waals surface area contributed by atoms with E-state index in [1.807, 2.05) is 36.4 Å². The molecule has 0 radical (unpaired) electrons. The summed E-state index contributed by atoms with van der Waals surface area (Å²) in [7, 11) is 0. The lowest BCUT2D eigenvalue weighted by atomic mass is 9.62. The molecule has 1 saturated carbocycles. The highest BCUT2D eigenvalue weighted by Gasteiger charge is 2.48. The molecule has 3 heteroatoms. The van der Waals surface area contributed by atoms with Crippen LogP contribution in [0.4, 0.5) is 0 Å². The average Bonchev–Trinajstić information content (AvgIpc) is 3.10. The van der Waals surface area contributed by atoms with Gasteiger partial charge in [-0.2, -0.15) is 0 Å². The third kappa shape index (κ3) is 5.36. The summed E-state index contributed by atoms with van der Waals surface area (Å²) in [5.41, 5.74) is 8.89. The van der Waals surface area contributed by atoms with E-state index in [1.54, 1.807) is 0 Å². The molecule has 3 aromatic carbocycles. The lowest BCUT2D eigenvalue weighted by Gasteiger charge is -2.40. The molecule has 0 aromatic heterocycles. The Balaban J connectivity index is 1.55. The Bertz CT molecular complexity index is 948. The van der Waals surface area contributed by atoms with Gasteiger partial charge in [0, 0.05) is 6.04 Å². The molecule has 2 atom stereocenters. The van der Waals surface area contributed by atoms with Crippen LogP contribution in [0.5, 0.6) is 0 Å². The fraction of sp³-hybridized carbons (Fsp3) is 0.367. The molecule has 3 nitrogen and oxygen atoms in total. The molecular weight excluding hydrogens is 404 g/mol. The molecule has 33 heavy (non-hydrogen) atoms. The Hall–Kier alpha value is -2.91. The van der Waals surface area contributed by atoms with Gasteiger partial charge in [-0.15, -0.1) is 0 Å². The van der Waals surface area contributed by atoms with Gasteiger partial charge in [0.15, 0.2) is 0 Å². The van der Waals surface area contributed by atoms with E-state index in [9.17, 15) is 4.79 Å². The van der Waals surface area contributed by atoms with Gasteiger partial charge in [-0.05, 0) is 61.3 Å². The maximum Gasteiger partial charge on any atom is 0.232 e. The predicted octanol–water partition coefficient (Wildman–Crippen LogP) is 5.63. The molecule has 4 rings (SSSR count). The zero-order valence-corrected chi connectivity index (χ0v) is 19.5. The van der Waals surface area contributed by atoms with Crippen molar-refractivity contribution in [3.63, 3.8) is 0 Å². The average molecular weight is 441 g/mol. The monoisotopic (exact) mass is 440 g/mol. The molecule has 0 spiro atoms. The zero-order valence-electron chi connectivity index (χ0n) is 19.5. The van der Waals surface area contributed by atoms with E-state index < -0.39 is 5.41 Å². The highest BCUT2D eigenvalue weighted by atomic mass is 16.1. The van der Waals surface area contributed by atoms with Crippen LogP contribution in [-0.2, 0) is 16.6 Å². The van der Waals surface area contributed by atoms with Crippen LogP contribution >= 0.6 is 0 Å². The minimum Gasteiger partial charge on any atom is -0.369 e. The third-order valence-corrected chi connectivity index (χ3v) is 7.30. The van der Waals surface area contributed by atoms with E-state index in [0.717, 1.165) is 56.2 Å². The van der Waals surface area contributed by atoms with Gasteiger partial charge in [0.2, 0.25) is 5.91 Å². The van der Waals surface area contributed by atoms with Crippen LogP contribution in [0.25, 0.3) is 0 Å². The number of hydrogen-bond acceptors (Lipinski definition) is 2. The van der Waals surface area contributed by atoms with Gasteiger partial charge in [-0.3, -0.25) is 4.79 Å². The summed E-state index contributed by atoms with van der Waals surface area (Å²) in [6.07, 6.45) is 7.63. The maximum atomic E-state index is 13.4. The second kappa shape index (κ2) is 11.3. The first-order chi connectivity index (χ1) is 16.2. The van der Waals surface area contributed by atoms with Crippen LogP contribution in [0.15, 0.2) is 91.0 Å². The Labute approximate surface area is 198 Å².